The van der Waals surface area contributed by atoms with Crippen molar-refractivity contribution in [3.8, 4) is 0 Å². The highest BCUT2D eigenvalue weighted by molar-refractivity contribution is 5.22. The molecule has 0 saturated heterocycles. The summed E-state index contributed by atoms with van der Waals surface area (Å²) in [7, 11) is 0. The maximum atomic E-state index is 6.27. The van der Waals surface area contributed by atoms with Gasteiger partial charge in [0.2, 0.25) is 0 Å². The van der Waals surface area contributed by atoms with Gasteiger partial charge in [0.15, 0.2) is 0 Å². The lowest BCUT2D eigenvalue weighted by molar-refractivity contribution is 0.323. The van der Waals surface area contributed by atoms with E-state index in [1.807, 2.05) is 0 Å². The van der Waals surface area contributed by atoms with Crippen LogP contribution in [0, 0.1) is 12.8 Å². The maximum absolute atomic E-state index is 6.27. The predicted octanol–water partition coefficient (Wildman–Crippen LogP) is 4.23. The smallest absolute Gasteiger partial charge is 0.00794 e. The molecule has 0 radical (unpaired) electrons. The summed E-state index contributed by atoms with van der Waals surface area (Å²) in [5.41, 5.74) is 9.01. The molecule has 1 unspecified atom stereocenters. The van der Waals surface area contributed by atoms with Gasteiger partial charge in [-0.3, -0.25) is 0 Å². The van der Waals surface area contributed by atoms with Gasteiger partial charge in [0.25, 0.3) is 0 Å². The molecular weight excluding hydrogens is 218 g/mol. The molecule has 1 aromatic rings. The summed E-state index contributed by atoms with van der Waals surface area (Å²) in [6.07, 6.45) is 10.8. The van der Waals surface area contributed by atoms with Crippen molar-refractivity contribution in [3.05, 3.63) is 35.4 Å². The zero-order valence-electron chi connectivity index (χ0n) is 11.7. The van der Waals surface area contributed by atoms with E-state index in [0.717, 1.165) is 12.3 Å². The van der Waals surface area contributed by atoms with Crippen molar-refractivity contribution >= 4 is 0 Å². The third-order valence-electron chi connectivity index (χ3n) is 4.25. The molecule has 0 heterocycles. The van der Waals surface area contributed by atoms with Crippen molar-refractivity contribution in [2.24, 2.45) is 11.7 Å². The first-order valence-electron chi connectivity index (χ1n) is 7.55. The lowest BCUT2D eigenvalue weighted by Gasteiger charge is -2.23. The quantitative estimate of drug-likeness (QED) is 0.825. The van der Waals surface area contributed by atoms with Gasteiger partial charge in [-0.1, -0.05) is 61.9 Å². The van der Waals surface area contributed by atoms with Gasteiger partial charge in [-0.15, -0.1) is 0 Å². The zero-order valence-corrected chi connectivity index (χ0v) is 11.7. The van der Waals surface area contributed by atoms with Crippen LogP contribution in [0.1, 0.15) is 56.1 Å². The van der Waals surface area contributed by atoms with Crippen LogP contribution in [-0.2, 0) is 6.42 Å². The van der Waals surface area contributed by atoms with E-state index in [1.54, 1.807) is 0 Å². The predicted molar refractivity (Wildman–Crippen MR) is 78.7 cm³/mol. The molecule has 2 rings (SSSR count). The Hall–Kier alpha value is -0.820. The number of aryl methyl sites for hydroxylation is 1. The molecule has 0 bridgehead atoms. The van der Waals surface area contributed by atoms with Crippen molar-refractivity contribution in [3.63, 3.8) is 0 Å². The first-order valence-corrected chi connectivity index (χ1v) is 7.55. The molecular formula is C17H27N. The van der Waals surface area contributed by atoms with E-state index < -0.39 is 0 Å². The van der Waals surface area contributed by atoms with E-state index in [4.69, 9.17) is 5.73 Å². The maximum Gasteiger partial charge on any atom is 0.00794 e. The van der Waals surface area contributed by atoms with E-state index >= 15 is 0 Å². The number of rotatable bonds is 5. The fraction of sp³-hybridized carbons (Fsp3) is 0.647. The summed E-state index contributed by atoms with van der Waals surface area (Å²) in [5.74, 6) is 0.960. The minimum Gasteiger partial charge on any atom is -0.327 e. The molecule has 1 aliphatic carbocycles. The van der Waals surface area contributed by atoms with Gasteiger partial charge in [0, 0.05) is 6.04 Å². The van der Waals surface area contributed by atoms with Crippen LogP contribution >= 0.6 is 0 Å². The molecule has 2 N–H and O–H groups in total. The Morgan fingerprint density at radius 2 is 2.00 bits per heavy atom. The molecule has 1 fully saturated rings. The summed E-state index contributed by atoms with van der Waals surface area (Å²) in [4.78, 5) is 0. The van der Waals surface area contributed by atoms with E-state index in [0.29, 0.717) is 6.04 Å². The van der Waals surface area contributed by atoms with Gasteiger partial charge in [-0.25, -0.2) is 0 Å². The van der Waals surface area contributed by atoms with Crippen LogP contribution in [0.4, 0.5) is 0 Å². The molecule has 18 heavy (non-hydrogen) atoms. The Bertz CT molecular complexity index is 352. The number of nitrogens with two attached hydrogens (primary N) is 1. The summed E-state index contributed by atoms with van der Waals surface area (Å²) in [5, 5.41) is 0. The van der Waals surface area contributed by atoms with Crippen molar-refractivity contribution in [1.29, 1.82) is 0 Å². The Morgan fingerprint density at radius 1 is 1.22 bits per heavy atom. The molecule has 1 atom stereocenters. The van der Waals surface area contributed by atoms with Crippen molar-refractivity contribution < 1.29 is 0 Å². The molecule has 0 amide bonds. The average Bonchev–Trinajstić information content (AvgIpc) is 2.38. The van der Waals surface area contributed by atoms with Gasteiger partial charge in [-0.2, -0.15) is 0 Å². The monoisotopic (exact) mass is 245 g/mol. The average molecular weight is 245 g/mol. The third-order valence-corrected chi connectivity index (χ3v) is 4.25. The highest BCUT2D eigenvalue weighted by atomic mass is 14.6. The van der Waals surface area contributed by atoms with Crippen LogP contribution in [0.5, 0.6) is 0 Å². The zero-order chi connectivity index (χ0) is 12.8. The van der Waals surface area contributed by atoms with Gasteiger partial charge in [-0.05, 0) is 37.7 Å². The molecule has 0 spiro atoms. The van der Waals surface area contributed by atoms with Gasteiger partial charge in [0.05, 0.1) is 0 Å². The third kappa shape index (κ3) is 4.45. The number of hydrogen-bond acceptors (Lipinski definition) is 1. The fourth-order valence-electron chi connectivity index (χ4n) is 3.17. The molecule has 100 valence electrons. The van der Waals surface area contributed by atoms with Crippen LogP contribution in [0.25, 0.3) is 0 Å². The van der Waals surface area contributed by atoms with Crippen LogP contribution in [0.15, 0.2) is 24.3 Å². The van der Waals surface area contributed by atoms with E-state index in [2.05, 4.69) is 31.2 Å². The second-order valence-electron chi connectivity index (χ2n) is 6.03. The standard InChI is InChI=1S/C17H27N/c1-14-6-5-9-16(12-14)13-17(18)11-10-15-7-3-2-4-8-15/h5-6,9,12,15,17H,2-4,7-8,10-11,13,18H2,1H3. The minimum atomic E-state index is 0.341. The van der Waals surface area contributed by atoms with Crippen LogP contribution < -0.4 is 5.73 Å². The normalized spacial score (nSPS) is 18.8. The SMILES string of the molecule is Cc1cccc(CC(N)CCC2CCCCC2)c1. The van der Waals surface area contributed by atoms with Crippen LogP contribution in [-0.4, -0.2) is 6.04 Å². The van der Waals surface area contributed by atoms with E-state index in [9.17, 15) is 0 Å². The van der Waals surface area contributed by atoms with Gasteiger partial charge in [0.1, 0.15) is 0 Å². The topological polar surface area (TPSA) is 26.0 Å². The summed E-state index contributed by atoms with van der Waals surface area (Å²) in [6.45, 7) is 2.15. The van der Waals surface area contributed by atoms with Crippen molar-refractivity contribution in [2.45, 2.75) is 64.3 Å². The molecule has 0 aromatic heterocycles. The Balaban J connectivity index is 1.72. The number of benzene rings is 1. The lowest BCUT2D eigenvalue weighted by Crippen LogP contribution is -2.24. The first kappa shape index (κ1) is 13.6. The number of hydrogen-bond donors (Lipinski definition) is 1. The Kier molecular flexibility index (Phi) is 5.25. The highest BCUT2D eigenvalue weighted by Crippen LogP contribution is 2.27. The Labute approximate surface area is 112 Å². The van der Waals surface area contributed by atoms with Crippen LogP contribution in [0.3, 0.4) is 0 Å². The van der Waals surface area contributed by atoms with Crippen LogP contribution in [0.2, 0.25) is 0 Å². The summed E-state index contributed by atoms with van der Waals surface area (Å²) in [6, 6.07) is 9.09. The van der Waals surface area contributed by atoms with E-state index in [-0.39, 0.29) is 0 Å². The minimum absolute atomic E-state index is 0.341. The largest absolute Gasteiger partial charge is 0.327 e. The Morgan fingerprint density at radius 3 is 2.72 bits per heavy atom. The summed E-state index contributed by atoms with van der Waals surface area (Å²) >= 11 is 0. The van der Waals surface area contributed by atoms with Crippen molar-refractivity contribution in [1.82, 2.24) is 0 Å². The second-order valence-corrected chi connectivity index (χ2v) is 6.03. The van der Waals surface area contributed by atoms with Gasteiger partial charge >= 0.3 is 0 Å². The first-order chi connectivity index (χ1) is 8.74. The molecule has 1 saturated carbocycles. The molecule has 1 aliphatic rings. The molecule has 0 aliphatic heterocycles. The molecule has 1 aromatic carbocycles. The van der Waals surface area contributed by atoms with Crippen molar-refractivity contribution in [2.75, 3.05) is 0 Å². The summed E-state index contributed by atoms with van der Waals surface area (Å²) < 4.78 is 0. The molecule has 1 nitrogen and oxygen atoms in total. The second kappa shape index (κ2) is 6.94. The molecule has 1 heteroatoms. The highest BCUT2D eigenvalue weighted by Gasteiger charge is 2.14. The lowest BCUT2D eigenvalue weighted by atomic mass is 9.85. The fourth-order valence-corrected chi connectivity index (χ4v) is 3.17. The van der Waals surface area contributed by atoms with E-state index in [1.165, 1.54) is 56.1 Å². The van der Waals surface area contributed by atoms with Gasteiger partial charge < -0.3 is 5.73 Å².